The van der Waals surface area contributed by atoms with Gasteiger partial charge in [-0.1, -0.05) is 19.3 Å². The third kappa shape index (κ3) is 1.95. The molecule has 1 saturated heterocycles. The van der Waals surface area contributed by atoms with E-state index in [2.05, 4.69) is 0 Å². The zero-order valence-electron chi connectivity index (χ0n) is 13.3. The van der Waals surface area contributed by atoms with Crippen LogP contribution >= 0.6 is 0 Å². The standard InChI is InChI=1S/C18H26O4/c19-15-5-3-1-2-4-10-17-11-18(17,16(20)22-12-21-15)14-8-6-13(17)7-9-14/h13-14H,1-12H2. The fourth-order valence-corrected chi connectivity index (χ4v) is 6.02. The van der Waals surface area contributed by atoms with Gasteiger partial charge < -0.3 is 9.47 Å². The molecule has 2 bridgehead atoms. The molecule has 0 spiro atoms. The van der Waals surface area contributed by atoms with E-state index in [0.717, 1.165) is 31.6 Å². The maximum absolute atomic E-state index is 12.8. The van der Waals surface area contributed by atoms with Gasteiger partial charge in [0.05, 0.1) is 5.41 Å². The number of hydrogen-bond donors (Lipinski definition) is 0. The summed E-state index contributed by atoms with van der Waals surface area (Å²) in [7, 11) is 0. The highest BCUT2D eigenvalue weighted by atomic mass is 16.7. The normalized spacial score (nSPS) is 45.3. The van der Waals surface area contributed by atoms with Gasteiger partial charge in [0.2, 0.25) is 6.79 Å². The van der Waals surface area contributed by atoms with E-state index in [-0.39, 0.29) is 29.6 Å². The number of hydrogen-bond acceptors (Lipinski definition) is 4. The average Bonchev–Trinajstić information content (AvgIpc) is 3.25. The smallest absolute Gasteiger partial charge is 0.315 e. The molecule has 0 aromatic heterocycles. The zero-order chi connectivity index (χ0) is 15.2. The highest BCUT2D eigenvalue weighted by Gasteiger charge is 2.80. The first-order valence-electron chi connectivity index (χ1n) is 9.02. The molecule has 1 aliphatic heterocycles. The van der Waals surface area contributed by atoms with E-state index < -0.39 is 0 Å². The van der Waals surface area contributed by atoms with Crippen molar-refractivity contribution in [3.63, 3.8) is 0 Å². The largest absolute Gasteiger partial charge is 0.428 e. The monoisotopic (exact) mass is 306 g/mol. The fraction of sp³-hybridized carbons (Fsp3) is 0.889. The van der Waals surface area contributed by atoms with Crippen molar-refractivity contribution >= 4 is 11.9 Å². The quantitative estimate of drug-likeness (QED) is 0.642. The third-order valence-electron chi connectivity index (χ3n) is 7.09. The topological polar surface area (TPSA) is 52.6 Å². The molecule has 0 radical (unpaired) electrons. The van der Waals surface area contributed by atoms with Crippen molar-refractivity contribution in [1.29, 1.82) is 0 Å². The van der Waals surface area contributed by atoms with Crippen LogP contribution in [-0.2, 0) is 19.1 Å². The van der Waals surface area contributed by atoms with Gasteiger partial charge in [-0.3, -0.25) is 9.59 Å². The van der Waals surface area contributed by atoms with E-state index in [1.54, 1.807) is 0 Å². The molecule has 0 amide bonds. The second-order valence-electron chi connectivity index (χ2n) is 7.83. The Hall–Kier alpha value is -1.06. The third-order valence-corrected chi connectivity index (χ3v) is 7.09. The zero-order valence-corrected chi connectivity index (χ0v) is 13.3. The van der Waals surface area contributed by atoms with E-state index in [0.29, 0.717) is 12.3 Å². The first kappa shape index (κ1) is 14.5. The SMILES string of the molecule is O=C1CCCCCCC23CC2(C(=O)OCO1)C1CCC3CC1. The van der Waals surface area contributed by atoms with E-state index in [9.17, 15) is 9.59 Å². The molecule has 5 aliphatic rings. The minimum Gasteiger partial charge on any atom is -0.428 e. The van der Waals surface area contributed by atoms with Gasteiger partial charge in [-0.05, 0) is 62.2 Å². The Kier molecular flexibility index (Phi) is 3.46. The predicted molar refractivity (Wildman–Crippen MR) is 79.7 cm³/mol. The molecule has 1 heterocycles. The van der Waals surface area contributed by atoms with Crippen LogP contribution in [0, 0.1) is 22.7 Å². The Bertz CT molecular complexity index is 479. The summed E-state index contributed by atoms with van der Waals surface area (Å²) in [5.41, 5.74) is -0.00204. The van der Waals surface area contributed by atoms with Crippen LogP contribution in [0.2, 0.25) is 0 Å². The molecular formula is C18H26O4. The molecule has 4 heteroatoms. The molecule has 0 N–H and O–H groups in total. The predicted octanol–water partition coefficient (Wildman–Crippen LogP) is 3.58. The maximum atomic E-state index is 12.8. The van der Waals surface area contributed by atoms with Crippen LogP contribution in [0.15, 0.2) is 0 Å². The molecule has 2 unspecified atom stereocenters. The first-order valence-corrected chi connectivity index (χ1v) is 9.02. The summed E-state index contributed by atoms with van der Waals surface area (Å²) >= 11 is 0. The van der Waals surface area contributed by atoms with Crippen LogP contribution in [0.25, 0.3) is 0 Å². The maximum Gasteiger partial charge on any atom is 0.315 e. The second-order valence-corrected chi connectivity index (χ2v) is 7.83. The lowest BCUT2D eigenvalue weighted by molar-refractivity contribution is -0.178. The van der Waals surface area contributed by atoms with Crippen molar-refractivity contribution in [2.75, 3.05) is 6.79 Å². The molecule has 22 heavy (non-hydrogen) atoms. The van der Waals surface area contributed by atoms with Gasteiger partial charge in [0, 0.05) is 6.42 Å². The molecule has 122 valence electrons. The summed E-state index contributed by atoms with van der Waals surface area (Å²) in [6, 6.07) is 0. The van der Waals surface area contributed by atoms with Gasteiger partial charge in [0.15, 0.2) is 0 Å². The van der Waals surface area contributed by atoms with Crippen LogP contribution in [0.1, 0.15) is 70.6 Å². The number of carbonyl (C=O) groups is 2. The van der Waals surface area contributed by atoms with Crippen molar-refractivity contribution in [2.45, 2.75) is 70.6 Å². The lowest BCUT2D eigenvalue weighted by Gasteiger charge is -2.47. The number of fused-ring (bicyclic) bond motifs is 2. The molecule has 5 fully saturated rings. The number of ether oxygens (including phenoxy) is 2. The van der Waals surface area contributed by atoms with Crippen LogP contribution < -0.4 is 0 Å². The van der Waals surface area contributed by atoms with Gasteiger partial charge in [-0.15, -0.1) is 0 Å². The van der Waals surface area contributed by atoms with Crippen molar-refractivity contribution in [2.24, 2.45) is 22.7 Å². The van der Waals surface area contributed by atoms with Crippen molar-refractivity contribution in [1.82, 2.24) is 0 Å². The summed E-state index contributed by atoms with van der Waals surface area (Å²) in [5, 5.41) is 0. The fourth-order valence-electron chi connectivity index (χ4n) is 6.02. The van der Waals surface area contributed by atoms with Gasteiger partial charge in [-0.25, -0.2) is 0 Å². The Morgan fingerprint density at radius 1 is 0.864 bits per heavy atom. The number of cyclic esters (lactones) is 2. The summed E-state index contributed by atoms with van der Waals surface area (Å²) in [4.78, 5) is 24.4. The first-order chi connectivity index (χ1) is 10.7. The van der Waals surface area contributed by atoms with Gasteiger partial charge >= 0.3 is 11.9 Å². The lowest BCUT2D eigenvalue weighted by atomic mass is 9.57. The number of carbonyl (C=O) groups excluding carboxylic acids is 2. The molecule has 0 aromatic rings. The Labute approximate surface area is 131 Å². The van der Waals surface area contributed by atoms with Crippen LogP contribution in [0.3, 0.4) is 0 Å². The minimum absolute atomic E-state index is 0.0750. The minimum atomic E-state index is -0.239. The van der Waals surface area contributed by atoms with E-state index in [1.165, 1.54) is 38.5 Å². The number of rotatable bonds is 0. The molecule has 4 saturated carbocycles. The van der Waals surface area contributed by atoms with Crippen LogP contribution in [0.5, 0.6) is 0 Å². The van der Waals surface area contributed by atoms with E-state index in [1.807, 2.05) is 0 Å². The van der Waals surface area contributed by atoms with E-state index >= 15 is 0 Å². The average molecular weight is 306 g/mol. The molecule has 5 rings (SSSR count). The van der Waals surface area contributed by atoms with E-state index in [4.69, 9.17) is 9.47 Å². The van der Waals surface area contributed by atoms with Crippen molar-refractivity contribution < 1.29 is 19.1 Å². The number of esters is 2. The molecule has 4 nitrogen and oxygen atoms in total. The highest BCUT2D eigenvalue weighted by molar-refractivity contribution is 5.83. The summed E-state index contributed by atoms with van der Waals surface area (Å²) in [6.07, 6.45) is 11.9. The highest BCUT2D eigenvalue weighted by Crippen LogP contribution is 2.81. The lowest BCUT2D eigenvalue weighted by Crippen LogP contribution is -2.45. The molecular weight excluding hydrogens is 280 g/mol. The molecule has 0 aromatic carbocycles. The summed E-state index contributed by atoms with van der Waals surface area (Å²) in [5.74, 6) is 0.911. The van der Waals surface area contributed by atoms with Crippen LogP contribution in [-0.4, -0.2) is 18.7 Å². The summed E-state index contributed by atoms with van der Waals surface area (Å²) in [6.45, 7) is -0.188. The molecule has 2 atom stereocenters. The molecule has 4 aliphatic carbocycles. The van der Waals surface area contributed by atoms with Gasteiger partial charge in [0.1, 0.15) is 0 Å². The van der Waals surface area contributed by atoms with Crippen molar-refractivity contribution in [3.8, 4) is 0 Å². The van der Waals surface area contributed by atoms with Gasteiger partial charge in [-0.2, -0.15) is 0 Å². The van der Waals surface area contributed by atoms with Crippen molar-refractivity contribution in [3.05, 3.63) is 0 Å². The Balaban J connectivity index is 1.56. The van der Waals surface area contributed by atoms with Crippen LogP contribution in [0.4, 0.5) is 0 Å². The Morgan fingerprint density at radius 2 is 1.59 bits per heavy atom. The summed E-state index contributed by atoms with van der Waals surface area (Å²) < 4.78 is 10.5. The second kappa shape index (κ2) is 5.24. The Morgan fingerprint density at radius 3 is 2.41 bits per heavy atom. The van der Waals surface area contributed by atoms with Gasteiger partial charge in [0.25, 0.3) is 0 Å².